The molecule has 0 spiro atoms. The third kappa shape index (κ3) is 3.00. The summed E-state index contributed by atoms with van der Waals surface area (Å²) in [6, 6.07) is 3.30. The van der Waals surface area contributed by atoms with E-state index in [0.717, 1.165) is 24.3 Å². The van der Waals surface area contributed by atoms with Gasteiger partial charge >= 0.3 is 12.1 Å². The molecule has 0 aromatic heterocycles. The second kappa shape index (κ2) is 4.57. The Morgan fingerprint density at radius 3 is 2.50 bits per heavy atom. The van der Waals surface area contributed by atoms with E-state index in [0.29, 0.717) is 0 Å². The number of aliphatic carboxylic acids is 1. The molecule has 0 aliphatic carbocycles. The zero-order valence-electron chi connectivity index (χ0n) is 7.75. The van der Waals surface area contributed by atoms with Crippen LogP contribution >= 0.6 is 11.6 Å². The maximum absolute atomic E-state index is 12.4. The predicted octanol–water partition coefficient (Wildman–Crippen LogP) is 3.46. The molecule has 1 aromatic carbocycles. The van der Waals surface area contributed by atoms with Crippen molar-refractivity contribution in [3.8, 4) is 0 Å². The first kappa shape index (κ1) is 12.6. The van der Waals surface area contributed by atoms with Gasteiger partial charge in [0.2, 0.25) is 0 Å². The minimum absolute atomic E-state index is 0.0129. The number of carbonyl (C=O) groups is 1. The molecular formula is C10H6ClF3O2. The lowest BCUT2D eigenvalue weighted by Gasteiger charge is -2.10. The molecule has 0 heterocycles. The summed E-state index contributed by atoms with van der Waals surface area (Å²) in [5, 5.41) is 7.84. The zero-order valence-corrected chi connectivity index (χ0v) is 8.51. The van der Waals surface area contributed by atoms with Gasteiger partial charge in [-0.3, -0.25) is 0 Å². The van der Waals surface area contributed by atoms with Crippen LogP contribution in [-0.2, 0) is 11.0 Å². The highest BCUT2D eigenvalue weighted by molar-refractivity contribution is 6.33. The molecular weight excluding hydrogens is 245 g/mol. The van der Waals surface area contributed by atoms with Gasteiger partial charge in [-0.15, -0.1) is 0 Å². The maximum Gasteiger partial charge on any atom is 0.417 e. The molecule has 0 bridgehead atoms. The van der Waals surface area contributed by atoms with Crippen molar-refractivity contribution in [2.45, 2.75) is 6.18 Å². The van der Waals surface area contributed by atoms with Crippen molar-refractivity contribution in [1.29, 1.82) is 0 Å². The topological polar surface area (TPSA) is 37.3 Å². The van der Waals surface area contributed by atoms with Crippen molar-refractivity contribution >= 4 is 23.6 Å². The molecule has 86 valence electrons. The quantitative estimate of drug-likeness (QED) is 0.816. The summed E-state index contributed by atoms with van der Waals surface area (Å²) >= 11 is 5.51. The molecule has 0 fully saturated rings. The Labute approximate surface area is 94.0 Å². The Hall–Kier alpha value is -1.49. The molecule has 0 aliphatic rings. The number of halogens is 4. The molecule has 0 saturated heterocycles. The van der Waals surface area contributed by atoms with Gasteiger partial charge in [0, 0.05) is 6.08 Å². The van der Waals surface area contributed by atoms with Crippen LogP contribution in [0.15, 0.2) is 24.3 Å². The first-order valence-electron chi connectivity index (χ1n) is 4.09. The van der Waals surface area contributed by atoms with E-state index >= 15 is 0 Å². The van der Waals surface area contributed by atoms with Crippen LogP contribution in [0.3, 0.4) is 0 Å². The van der Waals surface area contributed by atoms with Gasteiger partial charge < -0.3 is 5.11 Å². The predicted molar refractivity (Wildman–Crippen MR) is 53.1 cm³/mol. The van der Waals surface area contributed by atoms with E-state index in [-0.39, 0.29) is 5.56 Å². The summed E-state index contributed by atoms with van der Waals surface area (Å²) in [4.78, 5) is 10.2. The first-order chi connectivity index (χ1) is 7.32. The van der Waals surface area contributed by atoms with E-state index in [4.69, 9.17) is 16.7 Å². The van der Waals surface area contributed by atoms with Gasteiger partial charge in [-0.25, -0.2) is 4.79 Å². The van der Waals surface area contributed by atoms with Crippen molar-refractivity contribution in [2.75, 3.05) is 0 Å². The molecule has 0 saturated carbocycles. The molecule has 1 aromatic rings. The van der Waals surface area contributed by atoms with Crippen molar-refractivity contribution in [3.05, 3.63) is 40.4 Å². The van der Waals surface area contributed by atoms with Gasteiger partial charge in [-0.1, -0.05) is 23.7 Å². The van der Waals surface area contributed by atoms with Crippen molar-refractivity contribution in [3.63, 3.8) is 0 Å². The standard InChI is InChI=1S/C10H6ClF3O2/c11-9-6(4-5-8(15)16)2-1-3-7(9)10(12,13)14/h1-5H,(H,15,16). The fraction of sp³-hybridized carbons (Fsp3) is 0.100. The highest BCUT2D eigenvalue weighted by Gasteiger charge is 2.33. The Kier molecular flexibility index (Phi) is 3.59. The number of benzene rings is 1. The van der Waals surface area contributed by atoms with Gasteiger partial charge in [0.15, 0.2) is 0 Å². The number of rotatable bonds is 2. The summed E-state index contributed by atoms with van der Waals surface area (Å²) < 4.78 is 37.2. The highest BCUT2D eigenvalue weighted by Crippen LogP contribution is 2.36. The first-order valence-corrected chi connectivity index (χ1v) is 4.47. The monoisotopic (exact) mass is 250 g/mol. The lowest BCUT2D eigenvalue weighted by Crippen LogP contribution is -2.06. The third-order valence-electron chi connectivity index (χ3n) is 1.74. The molecule has 0 aliphatic heterocycles. The van der Waals surface area contributed by atoms with Crippen LogP contribution in [0, 0.1) is 0 Å². The van der Waals surface area contributed by atoms with E-state index < -0.39 is 22.7 Å². The second-order valence-corrected chi connectivity index (χ2v) is 3.26. The van der Waals surface area contributed by atoms with Crippen LogP contribution < -0.4 is 0 Å². The van der Waals surface area contributed by atoms with Crippen molar-refractivity contribution in [1.82, 2.24) is 0 Å². The van der Waals surface area contributed by atoms with E-state index in [1.54, 1.807) is 0 Å². The summed E-state index contributed by atoms with van der Waals surface area (Å²) in [5.41, 5.74) is -0.972. The smallest absolute Gasteiger partial charge is 0.417 e. The molecule has 0 unspecified atom stereocenters. The molecule has 0 amide bonds. The minimum atomic E-state index is -4.55. The SMILES string of the molecule is O=C(O)C=Cc1cccc(C(F)(F)F)c1Cl. The van der Waals surface area contributed by atoms with Crippen LogP contribution in [-0.4, -0.2) is 11.1 Å². The van der Waals surface area contributed by atoms with Gasteiger partial charge in [0.1, 0.15) is 0 Å². The molecule has 16 heavy (non-hydrogen) atoms. The Morgan fingerprint density at radius 2 is 2.00 bits per heavy atom. The Morgan fingerprint density at radius 1 is 1.38 bits per heavy atom. The number of carboxylic acid groups (broad SMARTS) is 1. The number of alkyl halides is 3. The fourth-order valence-electron chi connectivity index (χ4n) is 1.06. The van der Waals surface area contributed by atoms with Gasteiger partial charge in [0.25, 0.3) is 0 Å². The van der Waals surface area contributed by atoms with E-state index in [1.807, 2.05) is 0 Å². The van der Waals surface area contributed by atoms with Crippen molar-refractivity contribution in [2.24, 2.45) is 0 Å². The molecule has 6 heteroatoms. The van der Waals surface area contributed by atoms with Gasteiger partial charge in [0.05, 0.1) is 10.6 Å². The van der Waals surface area contributed by atoms with Crippen LogP contribution in [0.1, 0.15) is 11.1 Å². The molecule has 0 atom stereocenters. The minimum Gasteiger partial charge on any atom is -0.478 e. The molecule has 2 nitrogen and oxygen atoms in total. The van der Waals surface area contributed by atoms with Crippen LogP contribution in [0.25, 0.3) is 6.08 Å². The van der Waals surface area contributed by atoms with Crippen LogP contribution in [0.4, 0.5) is 13.2 Å². The van der Waals surface area contributed by atoms with Gasteiger partial charge in [-0.05, 0) is 17.7 Å². The average Bonchev–Trinajstić information content (AvgIpc) is 2.14. The maximum atomic E-state index is 12.4. The molecule has 0 radical (unpaired) electrons. The van der Waals surface area contributed by atoms with Crippen molar-refractivity contribution < 1.29 is 23.1 Å². The number of hydrogen-bond donors (Lipinski definition) is 1. The summed E-state index contributed by atoms with van der Waals surface area (Å²) in [5.74, 6) is -1.26. The largest absolute Gasteiger partial charge is 0.478 e. The number of hydrogen-bond acceptors (Lipinski definition) is 1. The summed E-state index contributed by atoms with van der Waals surface area (Å²) in [7, 11) is 0. The Bertz CT molecular complexity index is 438. The summed E-state index contributed by atoms with van der Waals surface area (Å²) in [6.45, 7) is 0. The van der Waals surface area contributed by atoms with E-state index in [1.165, 1.54) is 6.07 Å². The normalized spacial score (nSPS) is 12.0. The third-order valence-corrected chi connectivity index (χ3v) is 2.16. The zero-order chi connectivity index (χ0) is 12.3. The lowest BCUT2D eigenvalue weighted by molar-refractivity contribution is -0.137. The van der Waals surface area contributed by atoms with E-state index in [2.05, 4.69) is 0 Å². The highest BCUT2D eigenvalue weighted by atomic mass is 35.5. The average molecular weight is 251 g/mol. The van der Waals surface area contributed by atoms with Crippen LogP contribution in [0.2, 0.25) is 5.02 Å². The van der Waals surface area contributed by atoms with Gasteiger partial charge in [-0.2, -0.15) is 13.2 Å². The van der Waals surface area contributed by atoms with Crippen LogP contribution in [0.5, 0.6) is 0 Å². The number of carboxylic acids is 1. The van der Waals surface area contributed by atoms with E-state index in [9.17, 15) is 18.0 Å². The lowest BCUT2D eigenvalue weighted by atomic mass is 10.1. The summed E-state index contributed by atoms with van der Waals surface area (Å²) in [6.07, 6.45) is -2.81. The second-order valence-electron chi connectivity index (χ2n) is 2.88. The molecule has 1 N–H and O–H groups in total. The Balaban J connectivity index is 3.19. The molecule has 1 rings (SSSR count). The fourth-order valence-corrected chi connectivity index (χ4v) is 1.35.